The number of nitrogens with zero attached hydrogens (tertiary/aromatic N) is 2. The van der Waals surface area contributed by atoms with Gasteiger partial charge in [0.2, 0.25) is 0 Å². The predicted molar refractivity (Wildman–Crippen MR) is 78.3 cm³/mol. The van der Waals surface area contributed by atoms with Gasteiger partial charge in [-0.2, -0.15) is 0 Å². The zero-order valence-corrected chi connectivity index (χ0v) is 12.6. The molecule has 0 aliphatic carbocycles. The maximum absolute atomic E-state index is 10.6. The van der Waals surface area contributed by atoms with E-state index in [1.165, 1.54) is 6.92 Å². The summed E-state index contributed by atoms with van der Waals surface area (Å²) >= 11 is 1.61. The van der Waals surface area contributed by atoms with Crippen molar-refractivity contribution in [1.82, 2.24) is 9.55 Å². The second-order valence-corrected chi connectivity index (χ2v) is 6.20. The van der Waals surface area contributed by atoms with E-state index in [0.717, 1.165) is 10.5 Å². The molecular formula is C14H18N2O4S. The molecular weight excluding hydrogens is 292 g/mol. The third kappa shape index (κ3) is 2.16. The van der Waals surface area contributed by atoms with Gasteiger partial charge in [0.15, 0.2) is 6.23 Å². The summed E-state index contributed by atoms with van der Waals surface area (Å²) in [5, 5.41) is 29.9. The average Bonchev–Trinajstić information content (AvgIpc) is 3.03. The monoisotopic (exact) mass is 310 g/mol. The van der Waals surface area contributed by atoms with E-state index < -0.39 is 24.0 Å². The first-order valence-corrected chi connectivity index (χ1v) is 7.89. The van der Waals surface area contributed by atoms with Gasteiger partial charge >= 0.3 is 0 Å². The largest absolute Gasteiger partial charge is 0.394 e. The molecule has 0 spiro atoms. The molecule has 0 aromatic rings. The van der Waals surface area contributed by atoms with Crippen molar-refractivity contribution >= 4 is 11.8 Å². The molecule has 3 N–H and O–H groups in total. The van der Waals surface area contributed by atoms with Crippen LogP contribution in [0.4, 0.5) is 0 Å². The summed E-state index contributed by atoms with van der Waals surface area (Å²) < 4.78 is 7.34. The number of aliphatic hydroxyl groups excluding tert-OH is 2. The smallest absolute Gasteiger partial charge is 0.167 e. The van der Waals surface area contributed by atoms with Crippen LogP contribution in [-0.4, -0.2) is 55.5 Å². The fourth-order valence-electron chi connectivity index (χ4n) is 2.79. The number of rotatable bonds is 3. The number of hydrogen-bond acceptors (Lipinski definition) is 6. The van der Waals surface area contributed by atoms with E-state index in [1.807, 2.05) is 18.4 Å². The van der Waals surface area contributed by atoms with E-state index >= 15 is 0 Å². The normalized spacial score (nSPS) is 32.9. The zero-order valence-electron chi connectivity index (χ0n) is 11.8. The number of aliphatic hydroxyl groups is 3. The maximum atomic E-state index is 10.6. The molecule has 114 valence electrons. The van der Waals surface area contributed by atoms with Gasteiger partial charge in [-0.25, -0.2) is 4.98 Å². The van der Waals surface area contributed by atoms with Crippen molar-refractivity contribution in [2.45, 2.75) is 35.9 Å². The predicted octanol–water partition coefficient (Wildman–Crippen LogP) is 0.711. The van der Waals surface area contributed by atoms with Crippen LogP contribution in [0.2, 0.25) is 0 Å². The van der Waals surface area contributed by atoms with Crippen molar-refractivity contribution in [3.63, 3.8) is 0 Å². The van der Waals surface area contributed by atoms with Crippen LogP contribution < -0.4 is 0 Å². The lowest BCUT2D eigenvalue weighted by atomic mass is 9.96. The highest BCUT2D eigenvalue weighted by Gasteiger charge is 2.53. The molecule has 0 aromatic heterocycles. The lowest BCUT2D eigenvalue weighted by molar-refractivity contribution is -0.0964. The Kier molecular flexibility index (Phi) is 3.71. The Balaban J connectivity index is 2.07. The molecule has 0 amide bonds. The van der Waals surface area contributed by atoms with E-state index in [0.29, 0.717) is 5.82 Å². The molecule has 0 bridgehead atoms. The molecule has 21 heavy (non-hydrogen) atoms. The third-order valence-electron chi connectivity index (χ3n) is 3.98. The SMILES string of the molecule is CSc1ccn(C2OC(CO)C(O)[C@@]2(C)O)c2nccc1-2. The van der Waals surface area contributed by atoms with Gasteiger partial charge < -0.3 is 24.6 Å². The Bertz CT molecular complexity index is 615. The molecule has 3 rings (SSSR count). The third-order valence-corrected chi connectivity index (χ3v) is 4.78. The van der Waals surface area contributed by atoms with Gasteiger partial charge in [-0.1, -0.05) is 0 Å². The van der Waals surface area contributed by atoms with Crippen LogP contribution in [0.5, 0.6) is 0 Å². The first-order valence-electron chi connectivity index (χ1n) is 6.67. The van der Waals surface area contributed by atoms with Gasteiger partial charge in [0.1, 0.15) is 23.6 Å². The van der Waals surface area contributed by atoms with Crippen LogP contribution in [0.25, 0.3) is 11.4 Å². The van der Waals surface area contributed by atoms with E-state index in [1.54, 1.807) is 28.7 Å². The minimum absolute atomic E-state index is 0.352. The van der Waals surface area contributed by atoms with Gasteiger partial charge in [0.25, 0.3) is 0 Å². The highest BCUT2D eigenvalue weighted by Crippen LogP contribution is 2.41. The van der Waals surface area contributed by atoms with Gasteiger partial charge in [0.05, 0.1) is 6.61 Å². The molecule has 7 heteroatoms. The highest BCUT2D eigenvalue weighted by atomic mass is 32.2. The lowest BCUT2D eigenvalue weighted by Crippen LogP contribution is -2.44. The van der Waals surface area contributed by atoms with Crippen LogP contribution in [0, 0.1) is 0 Å². The molecule has 1 fully saturated rings. The number of thioether (sulfide) groups is 1. The van der Waals surface area contributed by atoms with Gasteiger partial charge in [-0.05, 0) is 25.3 Å². The Morgan fingerprint density at radius 3 is 2.86 bits per heavy atom. The van der Waals surface area contributed by atoms with E-state index in [9.17, 15) is 15.3 Å². The van der Waals surface area contributed by atoms with Crippen LogP contribution in [0.3, 0.4) is 0 Å². The fraction of sp³-hybridized carbons (Fsp3) is 0.500. The van der Waals surface area contributed by atoms with Crippen LogP contribution in [0.1, 0.15) is 13.2 Å². The number of fused-ring (bicyclic) bond motifs is 1. The lowest BCUT2D eigenvalue weighted by Gasteiger charge is -2.29. The summed E-state index contributed by atoms with van der Waals surface area (Å²) in [7, 11) is 0. The highest BCUT2D eigenvalue weighted by molar-refractivity contribution is 7.98. The van der Waals surface area contributed by atoms with Crippen molar-refractivity contribution in [2.24, 2.45) is 0 Å². The molecule has 3 heterocycles. The van der Waals surface area contributed by atoms with Crippen LogP contribution in [-0.2, 0) is 4.74 Å². The number of pyridine rings is 1. The van der Waals surface area contributed by atoms with Crippen molar-refractivity contribution < 1.29 is 20.1 Å². The minimum atomic E-state index is -1.51. The maximum Gasteiger partial charge on any atom is 0.167 e. The first-order chi connectivity index (χ1) is 10.0. The summed E-state index contributed by atoms with van der Waals surface area (Å²) in [6.07, 6.45) is 2.68. The standard InChI is InChI=1S/C14H18N2O4S/c1-14(19)11(18)9(7-17)20-13(14)16-6-4-10(21-2)8-3-5-15-12(8)16/h3-6,9,11,13,17-19H,7H2,1-2H3/t9?,11?,13?,14-/m1/s1. The van der Waals surface area contributed by atoms with Gasteiger partial charge in [-0.15, -0.1) is 11.8 Å². The number of ether oxygens (including phenoxy) is 1. The summed E-state index contributed by atoms with van der Waals surface area (Å²) in [4.78, 5) is 5.41. The Morgan fingerprint density at radius 1 is 1.48 bits per heavy atom. The van der Waals surface area contributed by atoms with Crippen molar-refractivity contribution in [1.29, 1.82) is 0 Å². The zero-order chi connectivity index (χ0) is 15.2. The van der Waals surface area contributed by atoms with Gasteiger partial charge in [-0.3, -0.25) is 0 Å². The van der Waals surface area contributed by atoms with E-state index in [4.69, 9.17) is 4.74 Å². The average molecular weight is 310 g/mol. The first kappa shape index (κ1) is 14.8. The quantitative estimate of drug-likeness (QED) is 0.724. The van der Waals surface area contributed by atoms with Gasteiger partial charge in [0, 0.05) is 22.9 Å². The molecule has 1 saturated heterocycles. The molecule has 4 atom stereocenters. The molecule has 0 aromatic carbocycles. The molecule has 0 radical (unpaired) electrons. The number of hydrogen-bond donors (Lipinski definition) is 3. The Labute approximate surface area is 126 Å². The topological polar surface area (TPSA) is 87.7 Å². The summed E-state index contributed by atoms with van der Waals surface area (Å²) in [5.74, 6) is 0.679. The van der Waals surface area contributed by atoms with Crippen LogP contribution in [0.15, 0.2) is 29.4 Å². The molecule has 0 saturated carbocycles. The van der Waals surface area contributed by atoms with Crippen molar-refractivity contribution in [3.8, 4) is 11.4 Å². The van der Waals surface area contributed by atoms with E-state index in [2.05, 4.69) is 4.98 Å². The second kappa shape index (κ2) is 5.26. The van der Waals surface area contributed by atoms with E-state index in [-0.39, 0.29) is 6.61 Å². The second-order valence-electron chi connectivity index (χ2n) is 5.35. The summed E-state index contributed by atoms with van der Waals surface area (Å²) in [6, 6.07) is 3.83. The minimum Gasteiger partial charge on any atom is -0.394 e. The molecule has 6 nitrogen and oxygen atoms in total. The fourth-order valence-corrected chi connectivity index (χ4v) is 3.37. The van der Waals surface area contributed by atoms with Crippen molar-refractivity contribution in [2.75, 3.05) is 12.9 Å². The number of aromatic nitrogens is 2. The summed E-state index contributed by atoms with van der Waals surface area (Å²) in [5.41, 5.74) is -0.545. The Hall–Kier alpha value is -1.12. The molecule has 3 unspecified atom stereocenters. The molecule has 3 aliphatic heterocycles. The summed E-state index contributed by atoms with van der Waals surface area (Å²) in [6.45, 7) is 1.15. The Morgan fingerprint density at radius 2 is 2.24 bits per heavy atom. The van der Waals surface area contributed by atoms with Crippen LogP contribution >= 0.6 is 11.8 Å². The van der Waals surface area contributed by atoms with Crippen molar-refractivity contribution in [3.05, 3.63) is 24.5 Å². The molecule has 3 aliphatic rings.